The molecule has 0 aliphatic rings. The van der Waals surface area contributed by atoms with E-state index in [9.17, 15) is 0 Å². The SMILES string of the molecule is C=C/C(=C\c1[nH]c(N)nc1N)C(CCC)CCCCCC. The van der Waals surface area contributed by atoms with Crippen LogP contribution < -0.4 is 11.5 Å². The number of aromatic amines is 1. The van der Waals surface area contributed by atoms with Crippen LogP contribution in [0.5, 0.6) is 0 Å². The van der Waals surface area contributed by atoms with Crippen LogP contribution in [0.2, 0.25) is 0 Å². The van der Waals surface area contributed by atoms with E-state index in [1.165, 1.54) is 50.5 Å². The maximum Gasteiger partial charge on any atom is 0.199 e. The summed E-state index contributed by atoms with van der Waals surface area (Å²) in [5, 5.41) is 0. The lowest BCUT2D eigenvalue weighted by atomic mass is 9.88. The van der Waals surface area contributed by atoms with E-state index in [1.807, 2.05) is 12.2 Å². The normalized spacial score (nSPS) is 13.3. The first kappa shape index (κ1) is 17.3. The second-order valence-electron chi connectivity index (χ2n) is 5.60. The number of nitrogens with zero attached hydrogens (tertiary/aromatic N) is 1. The summed E-state index contributed by atoms with van der Waals surface area (Å²) in [5.74, 6) is 1.35. The second-order valence-corrected chi connectivity index (χ2v) is 5.60. The average Bonchev–Trinajstić information content (AvgIpc) is 2.78. The Hall–Kier alpha value is -1.71. The van der Waals surface area contributed by atoms with Gasteiger partial charge in [0.15, 0.2) is 11.8 Å². The lowest BCUT2D eigenvalue weighted by Crippen LogP contribution is -2.03. The van der Waals surface area contributed by atoms with Crippen LogP contribution in [0.3, 0.4) is 0 Å². The lowest BCUT2D eigenvalue weighted by Gasteiger charge is -2.17. The van der Waals surface area contributed by atoms with Gasteiger partial charge in [-0.05, 0) is 30.4 Å². The monoisotopic (exact) mass is 290 g/mol. The third-order valence-electron chi connectivity index (χ3n) is 3.84. The van der Waals surface area contributed by atoms with Gasteiger partial charge in [0.2, 0.25) is 0 Å². The second kappa shape index (κ2) is 9.27. The molecule has 21 heavy (non-hydrogen) atoms. The summed E-state index contributed by atoms with van der Waals surface area (Å²) in [6.07, 6.45) is 12.7. The third kappa shape index (κ3) is 5.66. The first-order chi connectivity index (χ1) is 10.1. The lowest BCUT2D eigenvalue weighted by molar-refractivity contribution is 0.484. The number of aromatic nitrogens is 2. The molecule has 0 aliphatic heterocycles. The molecule has 5 N–H and O–H groups in total. The molecule has 1 unspecified atom stereocenters. The zero-order chi connectivity index (χ0) is 15.7. The van der Waals surface area contributed by atoms with E-state index in [0.717, 1.165) is 5.69 Å². The standard InChI is InChI=1S/C17H30N4/c1-4-7-8-9-11-14(10-5-2)13(6-3)12-15-16(18)21-17(19)20-15/h6,12,14H,3-5,7-11,18H2,1-2H3,(H3,19,20,21)/b13-12+. The first-order valence-corrected chi connectivity index (χ1v) is 8.07. The molecule has 0 aliphatic carbocycles. The molecule has 1 aromatic heterocycles. The van der Waals surface area contributed by atoms with Crippen molar-refractivity contribution in [2.45, 2.75) is 58.8 Å². The molecular weight excluding hydrogens is 260 g/mol. The van der Waals surface area contributed by atoms with Crippen LogP contribution in [0.15, 0.2) is 18.2 Å². The van der Waals surface area contributed by atoms with Crippen molar-refractivity contribution in [3.05, 3.63) is 23.9 Å². The van der Waals surface area contributed by atoms with Crippen molar-refractivity contribution in [2.24, 2.45) is 5.92 Å². The van der Waals surface area contributed by atoms with Gasteiger partial charge in [-0.2, -0.15) is 4.98 Å². The Balaban J connectivity index is 2.80. The summed E-state index contributed by atoms with van der Waals surface area (Å²) in [6, 6.07) is 0. The minimum absolute atomic E-state index is 0.358. The van der Waals surface area contributed by atoms with Crippen molar-refractivity contribution in [2.75, 3.05) is 11.5 Å². The number of rotatable bonds is 10. The van der Waals surface area contributed by atoms with E-state index in [-0.39, 0.29) is 0 Å². The predicted molar refractivity (Wildman–Crippen MR) is 92.7 cm³/mol. The minimum Gasteiger partial charge on any atom is -0.382 e. The molecule has 0 bridgehead atoms. The largest absolute Gasteiger partial charge is 0.382 e. The van der Waals surface area contributed by atoms with Gasteiger partial charge in [-0.25, -0.2) is 0 Å². The van der Waals surface area contributed by atoms with Crippen LogP contribution >= 0.6 is 0 Å². The van der Waals surface area contributed by atoms with Gasteiger partial charge >= 0.3 is 0 Å². The quantitative estimate of drug-likeness (QED) is 0.437. The van der Waals surface area contributed by atoms with Crippen molar-refractivity contribution >= 4 is 17.8 Å². The maximum atomic E-state index is 5.86. The fourth-order valence-corrected chi connectivity index (χ4v) is 2.68. The number of H-pyrrole nitrogens is 1. The summed E-state index contributed by atoms with van der Waals surface area (Å²) in [5.41, 5.74) is 13.5. The van der Waals surface area contributed by atoms with Crippen LogP contribution in [-0.4, -0.2) is 9.97 Å². The summed E-state index contributed by atoms with van der Waals surface area (Å²) >= 11 is 0. The van der Waals surface area contributed by atoms with E-state index in [0.29, 0.717) is 17.7 Å². The smallest absolute Gasteiger partial charge is 0.199 e. The van der Waals surface area contributed by atoms with Gasteiger partial charge in [0.25, 0.3) is 0 Å². The van der Waals surface area contributed by atoms with Crippen molar-refractivity contribution in [3.8, 4) is 0 Å². The Labute approximate surface area is 128 Å². The van der Waals surface area contributed by atoms with Crippen LogP contribution in [-0.2, 0) is 0 Å². The average molecular weight is 290 g/mol. The molecule has 0 amide bonds. The number of nitrogens with one attached hydrogen (secondary N) is 1. The number of imidazole rings is 1. The van der Waals surface area contributed by atoms with Gasteiger partial charge in [0, 0.05) is 0 Å². The van der Waals surface area contributed by atoms with Crippen LogP contribution in [0.1, 0.15) is 64.5 Å². The molecule has 0 aromatic carbocycles. The van der Waals surface area contributed by atoms with Crippen LogP contribution in [0, 0.1) is 5.92 Å². The van der Waals surface area contributed by atoms with Gasteiger partial charge in [0.05, 0.1) is 5.69 Å². The van der Waals surface area contributed by atoms with E-state index >= 15 is 0 Å². The number of nitrogen functional groups attached to an aromatic ring is 2. The van der Waals surface area contributed by atoms with Gasteiger partial charge < -0.3 is 16.5 Å². The molecule has 1 aromatic rings. The number of hydrogen-bond acceptors (Lipinski definition) is 3. The summed E-state index contributed by atoms with van der Waals surface area (Å²) < 4.78 is 0. The summed E-state index contributed by atoms with van der Waals surface area (Å²) in [7, 11) is 0. The molecule has 0 spiro atoms. The number of nitrogens with two attached hydrogens (primary N) is 2. The van der Waals surface area contributed by atoms with E-state index in [4.69, 9.17) is 11.5 Å². The highest BCUT2D eigenvalue weighted by atomic mass is 15.1. The van der Waals surface area contributed by atoms with E-state index in [2.05, 4.69) is 30.4 Å². The van der Waals surface area contributed by atoms with Gasteiger partial charge in [0.1, 0.15) is 0 Å². The molecule has 0 fully saturated rings. The zero-order valence-corrected chi connectivity index (χ0v) is 13.5. The fourth-order valence-electron chi connectivity index (χ4n) is 2.68. The van der Waals surface area contributed by atoms with Gasteiger partial charge in [-0.1, -0.05) is 58.6 Å². The van der Waals surface area contributed by atoms with E-state index in [1.54, 1.807) is 0 Å². The molecule has 1 atom stereocenters. The molecule has 0 radical (unpaired) electrons. The molecule has 0 saturated heterocycles. The Bertz CT molecular complexity index is 459. The van der Waals surface area contributed by atoms with Crippen LogP contribution in [0.4, 0.5) is 11.8 Å². The molecule has 4 nitrogen and oxygen atoms in total. The number of allylic oxidation sites excluding steroid dienone is 2. The fraction of sp³-hybridized carbons (Fsp3) is 0.588. The molecule has 0 saturated carbocycles. The van der Waals surface area contributed by atoms with E-state index < -0.39 is 0 Å². The predicted octanol–water partition coefficient (Wildman–Crippen LogP) is 4.53. The highest BCUT2D eigenvalue weighted by molar-refractivity contribution is 5.64. The van der Waals surface area contributed by atoms with Crippen molar-refractivity contribution < 1.29 is 0 Å². The topological polar surface area (TPSA) is 80.7 Å². The van der Waals surface area contributed by atoms with Crippen molar-refractivity contribution in [1.82, 2.24) is 9.97 Å². The zero-order valence-electron chi connectivity index (χ0n) is 13.5. The Morgan fingerprint density at radius 1 is 1.19 bits per heavy atom. The molecular formula is C17H30N4. The van der Waals surface area contributed by atoms with Gasteiger partial charge in [-0.15, -0.1) is 0 Å². The third-order valence-corrected chi connectivity index (χ3v) is 3.84. The summed E-state index contributed by atoms with van der Waals surface area (Å²) in [6.45, 7) is 8.43. The molecule has 1 rings (SSSR count). The Kier molecular flexibility index (Phi) is 7.65. The highest BCUT2D eigenvalue weighted by Crippen LogP contribution is 2.27. The Morgan fingerprint density at radius 2 is 1.95 bits per heavy atom. The maximum absolute atomic E-state index is 5.86. The van der Waals surface area contributed by atoms with Crippen molar-refractivity contribution in [1.29, 1.82) is 0 Å². The number of unbranched alkanes of at least 4 members (excludes halogenated alkanes) is 3. The van der Waals surface area contributed by atoms with Crippen LogP contribution in [0.25, 0.3) is 6.08 Å². The minimum atomic E-state index is 0.358. The van der Waals surface area contributed by atoms with Crippen molar-refractivity contribution in [3.63, 3.8) is 0 Å². The highest BCUT2D eigenvalue weighted by Gasteiger charge is 2.13. The molecule has 118 valence electrons. The Morgan fingerprint density at radius 3 is 2.48 bits per heavy atom. The molecule has 1 heterocycles. The molecule has 4 heteroatoms. The number of anilines is 2. The van der Waals surface area contributed by atoms with Gasteiger partial charge in [-0.3, -0.25) is 0 Å². The first-order valence-electron chi connectivity index (χ1n) is 8.07. The number of hydrogen-bond donors (Lipinski definition) is 3. The summed E-state index contributed by atoms with van der Waals surface area (Å²) in [4.78, 5) is 7.01.